The Hall–Kier alpha value is -3.53. The van der Waals surface area contributed by atoms with Gasteiger partial charge in [0.25, 0.3) is 0 Å². The van der Waals surface area contributed by atoms with Crippen molar-refractivity contribution >= 4 is 45.5 Å². The average Bonchev–Trinajstić information content (AvgIpc) is 2.76. The summed E-state index contributed by atoms with van der Waals surface area (Å²) < 4.78 is 30.8. The Morgan fingerprint density at radius 3 is 2.29 bits per heavy atom. The molecule has 0 heterocycles. The highest BCUT2D eigenvalue weighted by molar-refractivity contribution is 7.92. The van der Waals surface area contributed by atoms with Gasteiger partial charge in [0.2, 0.25) is 15.9 Å². The molecule has 0 saturated heterocycles. The molecule has 2 aromatic carbocycles. The number of hydrogen-bond donors (Lipinski definition) is 3. The second-order valence-corrected chi connectivity index (χ2v) is 10.9. The third-order valence-electron chi connectivity index (χ3n) is 5.17. The van der Waals surface area contributed by atoms with Crippen LogP contribution in [0.3, 0.4) is 0 Å². The summed E-state index contributed by atoms with van der Waals surface area (Å²) in [6, 6.07) is 7.62. The fraction of sp³-hybridized carbons (Fsp3) is 0.360. The minimum absolute atomic E-state index is 0.0604. The number of phenolic OH excluding ortho intramolecular Hbond substituents is 1. The lowest BCUT2D eigenvalue weighted by Crippen LogP contribution is -2.40. The van der Waals surface area contributed by atoms with Gasteiger partial charge in [0.1, 0.15) is 11.5 Å². The zero-order valence-corrected chi connectivity index (χ0v) is 21.9. The van der Waals surface area contributed by atoms with Crippen molar-refractivity contribution in [2.45, 2.75) is 39.5 Å². The Bertz CT molecular complexity index is 1250. The van der Waals surface area contributed by atoms with Gasteiger partial charge in [-0.3, -0.25) is 19.7 Å². The first-order chi connectivity index (χ1) is 16.2. The highest BCUT2D eigenvalue weighted by Gasteiger charge is 2.23. The topological polar surface area (TPSA) is 125 Å². The molecule has 2 rings (SSSR count). The van der Waals surface area contributed by atoms with E-state index >= 15 is 0 Å². The van der Waals surface area contributed by atoms with Gasteiger partial charge < -0.3 is 9.84 Å². The molecule has 0 aromatic heterocycles. The Morgan fingerprint density at radius 2 is 1.74 bits per heavy atom. The number of urea groups is 1. The van der Waals surface area contributed by atoms with E-state index in [1.165, 1.54) is 12.0 Å². The number of ether oxygens (including phenoxy) is 1. The number of anilines is 2. The van der Waals surface area contributed by atoms with Gasteiger partial charge in [0.15, 0.2) is 0 Å². The molecule has 0 fully saturated rings. The maximum Gasteiger partial charge on any atom is 0.328 e. The quantitative estimate of drug-likeness (QED) is 0.483. The van der Waals surface area contributed by atoms with E-state index in [0.717, 1.165) is 6.26 Å². The number of nitrogens with zero attached hydrogens (tertiary/aromatic N) is 1. The van der Waals surface area contributed by atoms with Crippen molar-refractivity contribution in [3.8, 4) is 11.5 Å². The second kappa shape index (κ2) is 10.8. The normalized spacial score (nSPS) is 11.9. The van der Waals surface area contributed by atoms with Gasteiger partial charge >= 0.3 is 6.03 Å². The van der Waals surface area contributed by atoms with E-state index in [2.05, 4.69) is 10.0 Å². The molecular formula is C25H33N3O6S. The number of carbonyl (C=O) groups excluding carboxylic acids is 2. The molecule has 3 amide bonds. The molecule has 0 atom stereocenters. The van der Waals surface area contributed by atoms with Gasteiger partial charge in [-0.25, -0.2) is 13.2 Å². The Kier molecular flexibility index (Phi) is 8.56. The van der Waals surface area contributed by atoms with Gasteiger partial charge in [-0.1, -0.05) is 39.8 Å². The molecule has 0 radical (unpaired) electrons. The van der Waals surface area contributed by atoms with E-state index in [0.29, 0.717) is 33.8 Å². The number of benzene rings is 2. The standard InChI is InChI=1S/C25H33N3O6S/c1-8-22(29)26-24(31)28(5)19-13-17(23(30)20(15-19)25(2,3)4)10-9-16-11-12-18(14-21(16)34-6)27-35(7,32)33/h9-15,27,30H,8H2,1-7H3,(H,26,29,31)/b10-9+. The third kappa shape index (κ3) is 7.48. The van der Waals surface area contributed by atoms with Crippen LogP contribution in [0.25, 0.3) is 12.2 Å². The lowest BCUT2D eigenvalue weighted by Gasteiger charge is -2.25. The summed E-state index contributed by atoms with van der Waals surface area (Å²) in [6.45, 7) is 7.48. The third-order valence-corrected chi connectivity index (χ3v) is 5.78. The summed E-state index contributed by atoms with van der Waals surface area (Å²) in [4.78, 5) is 25.5. The van der Waals surface area contributed by atoms with Crippen molar-refractivity contribution in [1.29, 1.82) is 0 Å². The predicted molar refractivity (Wildman–Crippen MR) is 139 cm³/mol. The number of aromatic hydroxyl groups is 1. The summed E-state index contributed by atoms with van der Waals surface area (Å²) in [7, 11) is -0.426. The van der Waals surface area contributed by atoms with Crippen molar-refractivity contribution < 1.29 is 27.9 Å². The van der Waals surface area contributed by atoms with Crippen LogP contribution in [0.5, 0.6) is 11.5 Å². The lowest BCUT2D eigenvalue weighted by molar-refractivity contribution is -0.119. The first-order valence-electron chi connectivity index (χ1n) is 10.9. The van der Waals surface area contributed by atoms with Crippen LogP contribution in [0.1, 0.15) is 50.8 Å². The predicted octanol–water partition coefficient (Wildman–Crippen LogP) is 4.32. The van der Waals surface area contributed by atoms with Crippen LogP contribution in [-0.2, 0) is 20.2 Å². The molecule has 0 aliphatic rings. The van der Waals surface area contributed by atoms with Gasteiger partial charge in [-0.15, -0.1) is 0 Å². The summed E-state index contributed by atoms with van der Waals surface area (Å²) in [6.07, 6.45) is 4.63. The monoisotopic (exact) mass is 503 g/mol. The fourth-order valence-electron chi connectivity index (χ4n) is 3.25. The van der Waals surface area contributed by atoms with Crippen LogP contribution in [0, 0.1) is 0 Å². The maximum atomic E-state index is 12.5. The van der Waals surface area contributed by atoms with Gasteiger partial charge in [0, 0.05) is 41.9 Å². The molecule has 0 unspecified atom stereocenters. The molecule has 9 nitrogen and oxygen atoms in total. The largest absolute Gasteiger partial charge is 0.507 e. The zero-order valence-electron chi connectivity index (χ0n) is 21.1. The molecule has 0 aliphatic heterocycles. The number of rotatable bonds is 7. The van der Waals surface area contributed by atoms with E-state index in [1.54, 1.807) is 56.5 Å². The molecule has 2 aromatic rings. The number of methoxy groups -OCH3 is 1. The van der Waals surface area contributed by atoms with Crippen molar-refractivity contribution in [3.05, 3.63) is 47.0 Å². The number of amides is 3. The fourth-order valence-corrected chi connectivity index (χ4v) is 3.80. The van der Waals surface area contributed by atoms with Crippen molar-refractivity contribution in [2.24, 2.45) is 0 Å². The lowest BCUT2D eigenvalue weighted by atomic mass is 9.84. The number of carbonyl (C=O) groups is 2. The van der Waals surface area contributed by atoms with Crippen LogP contribution >= 0.6 is 0 Å². The van der Waals surface area contributed by atoms with E-state index in [1.807, 2.05) is 20.8 Å². The highest BCUT2D eigenvalue weighted by Crippen LogP contribution is 2.38. The van der Waals surface area contributed by atoms with Gasteiger partial charge in [-0.2, -0.15) is 0 Å². The first kappa shape index (κ1) is 27.7. The number of imide groups is 1. The number of phenols is 1. The van der Waals surface area contributed by atoms with Crippen molar-refractivity contribution in [3.63, 3.8) is 0 Å². The minimum atomic E-state index is -3.44. The number of nitrogens with one attached hydrogen (secondary N) is 2. The van der Waals surface area contributed by atoms with Crippen LogP contribution < -0.4 is 19.7 Å². The Morgan fingerprint density at radius 1 is 1.11 bits per heavy atom. The summed E-state index contributed by atoms with van der Waals surface area (Å²) in [5.74, 6) is 0.0964. The highest BCUT2D eigenvalue weighted by atomic mass is 32.2. The Labute approximate surface area is 206 Å². The van der Waals surface area contributed by atoms with Gasteiger partial charge in [0.05, 0.1) is 19.1 Å². The second-order valence-electron chi connectivity index (χ2n) is 9.11. The zero-order chi connectivity index (χ0) is 26.6. The number of hydrogen-bond acceptors (Lipinski definition) is 6. The molecule has 0 bridgehead atoms. The Balaban J connectivity index is 2.52. The van der Waals surface area contributed by atoms with Crippen LogP contribution in [0.15, 0.2) is 30.3 Å². The molecule has 35 heavy (non-hydrogen) atoms. The van der Waals surface area contributed by atoms with Crippen molar-refractivity contribution in [1.82, 2.24) is 5.32 Å². The molecule has 10 heteroatoms. The number of sulfonamides is 1. The molecule has 190 valence electrons. The molecular weight excluding hydrogens is 470 g/mol. The average molecular weight is 504 g/mol. The van der Waals surface area contributed by atoms with E-state index < -0.39 is 27.4 Å². The summed E-state index contributed by atoms with van der Waals surface area (Å²) in [5, 5.41) is 13.3. The van der Waals surface area contributed by atoms with Crippen molar-refractivity contribution in [2.75, 3.05) is 30.0 Å². The molecule has 0 saturated carbocycles. The van der Waals surface area contributed by atoms with E-state index in [4.69, 9.17) is 4.74 Å². The maximum absolute atomic E-state index is 12.5. The first-order valence-corrected chi connectivity index (χ1v) is 12.8. The van der Waals surface area contributed by atoms with Gasteiger partial charge in [-0.05, 0) is 29.7 Å². The molecule has 0 spiro atoms. The van der Waals surface area contributed by atoms with Crippen LogP contribution in [-0.4, -0.2) is 45.9 Å². The van der Waals surface area contributed by atoms with E-state index in [9.17, 15) is 23.1 Å². The van der Waals surface area contributed by atoms with E-state index in [-0.39, 0.29) is 12.2 Å². The summed E-state index contributed by atoms with van der Waals surface area (Å²) >= 11 is 0. The molecule has 0 aliphatic carbocycles. The minimum Gasteiger partial charge on any atom is -0.507 e. The molecule has 3 N–H and O–H groups in total. The van der Waals surface area contributed by atoms with Crippen LogP contribution in [0.4, 0.5) is 16.2 Å². The van der Waals surface area contributed by atoms with Crippen LogP contribution in [0.2, 0.25) is 0 Å². The smallest absolute Gasteiger partial charge is 0.328 e. The SMILES string of the molecule is CCC(=O)NC(=O)N(C)c1cc(/C=C/c2ccc(NS(C)(=O)=O)cc2OC)c(O)c(C(C)(C)C)c1. The summed E-state index contributed by atoms with van der Waals surface area (Å²) in [5.41, 5.74) is 2.14.